The largest absolute Gasteiger partial charge is 0.481 e. The number of nitrogens with one attached hydrogen (secondary N) is 1. The molecular weight excluding hydrogens is 436 g/mol. The van der Waals surface area contributed by atoms with Crippen molar-refractivity contribution in [2.24, 2.45) is 5.92 Å². The number of carboxylic acids is 1. The third kappa shape index (κ3) is 5.80. The number of hydrogen-bond acceptors (Lipinski definition) is 2. The molecule has 0 saturated carbocycles. The Hall–Kier alpha value is -3.86. The lowest BCUT2D eigenvalue weighted by Crippen LogP contribution is -2.41. The zero-order valence-corrected chi connectivity index (χ0v) is 20.5. The van der Waals surface area contributed by atoms with Crippen LogP contribution in [0.1, 0.15) is 39.0 Å². The Morgan fingerprint density at radius 3 is 2.26 bits per heavy atom. The quantitative estimate of drug-likeness (QED) is 0.326. The molecule has 0 saturated heterocycles. The van der Waals surface area contributed by atoms with Crippen molar-refractivity contribution in [2.45, 2.75) is 39.2 Å². The minimum absolute atomic E-state index is 0.0889. The molecule has 4 aromatic rings. The number of nitrogens with zero attached hydrogens (tertiary/aromatic N) is 1. The van der Waals surface area contributed by atoms with E-state index >= 15 is 0 Å². The smallest absolute Gasteiger partial charge is 0.306 e. The number of amides is 1. The lowest BCUT2D eigenvalue weighted by molar-refractivity contribution is -0.142. The molecule has 0 aliphatic carbocycles. The minimum Gasteiger partial charge on any atom is -0.481 e. The van der Waals surface area contributed by atoms with Gasteiger partial charge in [0.2, 0.25) is 0 Å². The molecule has 1 amide bonds. The van der Waals surface area contributed by atoms with E-state index in [1.807, 2.05) is 92.8 Å². The van der Waals surface area contributed by atoms with Gasteiger partial charge in [0.25, 0.3) is 5.91 Å². The molecule has 4 rings (SSSR count). The number of H-pyrrole nitrogens is 1. The van der Waals surface area contributed by atoms with Crippen molar-refractivity contribution in [3.05, 3.63) is 107 Å². The number of aromatic nitrogens is 1. The van der Waals surface area contributed by atoms with E-state index in [0.717, 1.165) is 33.2 Å². The predicted octanol–water partition coefficient (Wildman–Crippen LogP) is 5.80. The van der Waals surface area contributed by atoms with Gasteiger partial charge in [-0.15, -0.1) is 0 Å². The standard InChI is InChI=1S/C30H32N2O3/c1-20-13-21(2)15-23(14-20)29(33)32(3)26(16-22-9-5-4-6-10-22)18-24(30(34)35)17-25-19-31-28-12-8-7-11-27(25)28/h4-15,19,24,26,31H,16-18H2,1-3H3,(H,34,35). The second-order valence-electron chi connectivity index (χ2n) is 9.47. The fraction of sp³-hybridized carbons (Fsp3) is 0.267. The summed E-state index contributed by atoms with van der Waals surface area (Å²) in [7, 11) is 1.79. The van der Waals surface area contributed by atoms with Crippen molar-refractivity contribution in [1.29, 1.82) is 0 Å². The Labute approximate surface area is 206 Å². The van der Waals surface area contributed by atoms with Gasteiger partial charge in [-0.3, -0.25) is 9.59 Å². The van der Waals surface area contributed by atoms with Crippen molar-refractivity contribution in [2.75, 3.05) is 7.05 Å². The highest BCUT2D eigenvalue weighted by Crippen LogP contribution is 2.26. The highest BCUT2D eigenvalue weighted by atomic mass is 16.4. The summed E-state index contributed by atoms with van der Waals surface area (Å²) >= 11 is 0. The Bertz CT molecular complexity index is 1310. The van der Waals surface area contributed by atoms with Crippen LogP contribution in [-0.2, 0) is 17.6 Å². The number of carboxylic acid groups (broad SMARTS) is 1. The van der Waals surface area contributed by atoms with Gasteiger partial charge in [-0.1, -0.05) is 65.7 Å². The second-order valence-corrected chi connectivity index (χ2v) is 9.47. The summed E-state index contributed by atoms with van der Waals surface area (Å²) < 4.78 is 0. The first-order valence-corrected chi connectivity index (χ1v) is 12.0. The highest BCUT2D eigenvalue weighted by molar-refractivity contribution is 5.94. The summed E-state index contributed by atoms with van der Waals surface area (Å²) in [6.07, 6.45) is 3.25. The Morgan fingerprint density at radius 1 is 0.914 bits per heavy atom. The average molecular weight is 469 g/mol. The summed E-state index contributed by atoms with van der Waals surface area (Å²) in [5, 5.41) is 11.2. The lowest BCUT2D eigenvalue weighted by atomic mass is 9.89. The van der Waals surface area contributed by atoms with Crippen LogP contribution < -0.4 is 0 Å². The molecule has 1 aromatic heterocycles. The van der Waals surface area contributed by atoms with Crippen molar-refractivity contribution in [3.8, 4) is 0 Å². The van der Waals surface area contributed by atoms with Crippen LogP contribution in [0.25, 0.3) is 10.9 Å². The molecule has 5 nitrogen and oxygen atoms in total. The van der Waals surface area contributed by atoms with Gasteiger partial charge in [0.05, 0.1) is 5.92 Å². The van der Waals surface area contributed by atoms with Gasteiger partial charge >= 0.3 is 5.97 Å². The van der Waals surface area contributed by atoms with Gasteiger partial charge in [0.15, 0.2) is 0 Å². The normalized spacial score (nSPS) is 12.9. The number of aryl methyl sites for hydroxylation is 2. The molecule has 0 radical (unpaired) electrons. The van der Waals surface area contributed by atoms with Crippen LogP contribution in [0.5, 0.6) is 0 Å². The average Bonchev–Trinajstić information content (AvgIpc) is 3.25. The van der Waals surface area contributed by atoms with E-state index in [-0.39, 0.29) is 11.9 Å². The van der Waals surface area contributed by atoms with Crippen LogP contribution in [-0.4, -0.2) is 40.0 Å². The number of carbonyl (C=O) groups excluding carboxylic acids is 1. The zero-order chi connectivity index (χ0) is 24.9. The van der Waals surface area contributed by atoms with Gasteiger partial charge in [0, 0.05) is 35.8 Å². The topological polar surface area (TPSA) is 73.4 Å². The lowest BCUT2D eigenvalue weighted by Gasteiger charge is -2.31. The van der Waals surface area contributed by atoms with Crippen molar-refractivity contribution in [3.63, 3.8) is 0 Å². The van der Waals surface area contributed by atoms with Gasteiger partial charge in [-0.2, -0.15) is 0 Å². The molecule has 180 valence electrons. The van der Waals surface area contributed by atoms with Gasteiger partial charge in [-0.25, -0.2) is 0 Å². The molecule has 5 heteroatoms. The van der Waals surface area contributed by atoms with E-state index in [1.54, 1.807) is 11.9 Å². The van der Waals surface area contributed by atoms with E-state index in [0.29, 0.717) is 24.8 Å². The number of benzene rings is 3. The first-order valence-electron chi connectivity index (χ1n) is 12.0. The molecule has 0 bridgehead atoms. The third-order valence-corrected chi connectivity index (χ3v) is 6.70. The van der Waals surface area contributed by atoms with Gasteiger partial charge in [-0.05, 0) is 62.4 Å². The molecule has 3 aromatic carbocycles. The maximum absolute atomic E-state index is 13.5. The fourth-order valence-corrected chi connectivity index (χ4v) is 4.90. The SMILES string of the molecule is Cc1cc(C)cc(C(=O)N(C)C(Cc2ccccc2)CC(Cc2c[nH]c3ccccc23)C(=O)O)c1. The summed E-state index contributed by atoms with van der Waals surface area (Å²) in [5.74, 6) is -1.56. The Morgan fingerprint density at radius 2 is 1.57 bits per heavy atom. The van der Waals surface area contributed by atoms with E-state index in [2.05, 4.69) is 4.98 Å². The summed E-state index contributed by atoms with van der Waals surface area (Å²) in [5.41, 5.74) is 5.75. The molecular formula is C30H32N2O3. The maximum Gasteiger partial charge on any atom is 0.306 e. The molecule has 0 spiro atoms. The number of fused-ring (bicyclic) bond motifs is 1. The number of likely N-dealkylation sites (N-methyl/N-ethyl adjacent to an activating group) is 1. The minimum atomic E-state index is -0.847. The van der Waals surface area contributed by atoms with E-state index in [1.165, 1.54) is 0 Å². The predicted molar refractivity (Wildman–Crippen MR) is 140 cm³/mol. The Balaban J connectivity index is 1.62. The maximum atomic E-state index is 13.5. The first-order chi connectivity index (χ1) is 16.8. The number of rotatable bonds is 9. The number of aliphatic carboxylic acids is 1. The number of hydrogen-bond donors (Lipinski definition) is 2. The second kappa shape index (κ2) is 10.6. The number of para-hydroxylation sites is 1. The summed E-state index contributed by atoms with van der Waals surface area (Å²) in [6.45, 7) is 3.96. The van der Waals surface area contributed by atoms with E-state index < -0.39 is 11.9 Å². The van der Waals surface area contributed by atoms with Crippen LogP contribution in [0.2, 0.25) is 0 Å². The summed E-state index contributed by atoms with van der Waals surface area (Å²) in [4.78, 5) is 30.9. The van der Waals surface area contributed by atoms with Crippen molar-refractivity contribution >= 4 is 22.8 Å². The monoisotopic (exact) mass is 468 g/mol. The molecule has 0 fully saturated rings. The zero-order valence-electron chi connectivity index (χ0n) is 20.5. The molecule has 35 heavy (non-hydrogen) atoms. The first kappa shape index (κ1) is 24.3. The van der Waals surface area contributed by atoms with Crippen molar-refractivity contribution in [1.82, 2.24) is 9.88 Å². The van der Waals surface area contributed by atoms with Crippen LogP contribution in [0, 0.1) is 19.8 Å². The molecule has 0 aliphatic rings. The van der Waals surface area contributed by atoms with E-state index in [4.69, 9.17) is 0 Å². The number of carbonyl (C=O) groups is 2. The highest BCUT2D eigenvalue weighted by Gasteiger charge is 2.29. The number of aromatic amines is 1. The Kier molecular flexibility index (Phi) is 7.35. The van der Waals surface area contributed by atoms with Crippen LogP contribution in [0.3, 0.4) is 0 Å². The fourth-order valence-electron chi connectivity index (χ4n) is 4.90. The molecule has 2 unspecified atom stereocenters. The van der Waals surface area contributed by atoms with E-state index in [9.17, 15) is 14.7 Å². The van der Waals surface area contributed by atoms with Crippen LogP contribution in [0.15, 0.2) is 79.0 Å². The molecule has 0 aliphatic heterocycles. The van der Waals surface area contributed by atoms with Crippen molar-refractivity contribution < 1.29 is 14.7 Å². The molecule has 2 atom stereocenters. The van der Waals surface area contributed by atoms with Crippen LogP contribution in [0.4, 0.5) is 0 Å². The molecule has 2 N–H and O–H groups in total. The van der Waals surface area contributed by atoms with Crippen LogP contribution >= 0.6 is 0 Å². The van der Waals surface area contributed by atoms with Gasteiger partial charge in [0.1, 0.15) is 0 Å². The van der Waals surface area contributed by atoms with Gasteiger partial charge < -0.3 is 15.0 Å². The molecule has 1 heterocycles. The summed E-state index contributed by atoms with van der Waals surface area (Å²) in [6, 6.07) is 23.4. The third-order valence-electron chi connectivity index (χ3n) is 6.70.